The Balaban J connectivity index is 2.25. The van der Waals surface area contributed by atoms with Crippen molar-refractivity contribution in [2.75, 3.05) is 25.6 Å². The summed E-state index contributed by atoms with van der Waals surface area (Å²) in [5.74, 6) is 0.902. The maximum atomic E-state index is 6.09. The fourth-order valence-corrected chi connectivity index (χ4v) is 2.65. The molecule has 0 aromatic heterocycles. The molecule has 2 rings (SSSR count). The number of methoxy groups -OCH3 is 1. The number of hydrogen-bond donors (Lipinski definition) is 1. The first-order chi connectivity index (χ1) is 10.2. The molecule has 3 nitrogen and oxygen atoms in total. The van der Waals surface area contributed by atoms with E-state index >= 15 is 0 Å². The number of hydrogen-bond acceptors (Lipinski definition) is 3. The van der Waals surface area contributed by atoms with E-state index in [4.69, 9.17) is 22.1 Å². The van der Waals surface area contributed by atoms with Crippen molar-refractivity contribution in [1.82, 2.24) is 0 Å². The van der Waals surface area contributed by atoms with Crippen molar-refractivity contribution in [3.63, 3.8) is 0 Å². The van der Waals surface area contributed by atoms with Gasteiger partial charge in [0.15, 0.2) is 0 Å². The van der Waals surface area contributed by atoms with Crippen LogP contribution in [-0.2, 0) is 13.0 Å². The van der Waals surface area contributed by atoms with E-state index in [0.29, 0.717) is 6.54 Å². The summed E-state index contributed by atoms with van der Waals surface area (Å²) in [6.45, 7) is 1.37. The van der Waals surface area contributed by atoms with Crippen LogP contribution in [-0.4, -0.2) is 20.7 Å². The van der Waals surface area contributed by atoms with E-state index in [-0.39, 0.29) is 0 Å². The van der Waals surface area contributed by atoms with Gasteiger partial charge in [-0.05, 0) is 42.8 Å². The molecule has 4 heteroatoms. The largest absolute Gasteiger partial charge is 0.496 e. The molecule has 0 atom stereocenters. The molecule has 0 bridgehead atoms. The summed E-state index contributed by atoms with van der Waals surface area (Å²) in [6, 6.07) is 14.0. The summed E-state index contributed by atoms with van der Waals surface area (Å²) in [4.78, 5) is 2.19. The van der Waals surface area contributed by atoms with Gasteiger partial charge in [0.05, 0.1) is 7.11 Å². The Labute approximate surface area is 131 Å². The van der Waals surface area contributed by atoms with E-state index in [9.17, 15) is 0 Å². The van der Waals surface area contributed by atoms with Gasteiger partial charge in [-0.25, -0.2) is 0 Å². The summed E-state index contributed by atoms with van der Waals surface area (Å²) in [6.07, 6.45) is 0.812. The molecule has 0 aliphatic heterocycles. The van der Waals surface area contributed by atoms with Crippen molar-refractivity contribution < 1.29 is 4.74 Å². The molecule has 2 aromatic rings. The average molecular weight is 305 g/mol. The van der Waals surface area contributed by atoms with Crippen molar-refractivity contribution >= 4 is 17.3 Å². The normalized spacial score (nSPS) is 10.5. The first-order valence-electron chi connectivity index (χ1n) is 6.97. The summed E-state index contributed by atoms with van der Waals surface area (Å²) >= 11 is 6.09. The Morgan fingerprint density at radius 2 is 1.90 bits per heavy atom. The van der Waals surface area contributed by atoms with Crippen LogP contribution in [0.15, 0.2) is 42.5 Å². The fourth-order valence-electron chi connectivity index (χ4n) is 2.46. The number of halogens is 1. The number of rotatable bonds is 6. The van der Waals surface area contributed by atoms with Gasteiger partial charge in [0.1, 0.15) is 5.75 Å². The van der Waals surface area contributed by atoms with E-state index in [0.717, 1.165) is 35.0 Å². The second-order valence-corrected chi connectivity index (χ2v) is 5.42. The summed E-state index contributed by atoms with van der Waals surface area (Å²) < 4.78 is 5.41. The molecule has 0 aliphatic carbocycles. The van der Waals surface area contributed by atoms with Crippen molar-refractivity contribution in [2.45, 2.75) is 13.0 Å². The average Bonchev–Trinajstić information content (AvgIpc) is 2.48. The lowest BCUT2D eigenvalue weighted by molar-refractivity contribution is 0.409. The maximum absolute atomic E-state index is 6.09. The minimum atomic E-state index is 0.607. The third-order valence-corrected chi connectivity index (χ3v) is 3.70. The highest BCUT2D eigenvalue weighted by Gasteiger charge is 2.10. The third kappa shape index (κ3) is 3.90. The minimum Gasteiger partial charge on any atom is -0.496 e. The Bertz CT molecular complexity index is 601. The molecule has 0 saturated heterocycles. The lowest BCUT2D eigenvalue weighted by Crippen LogP contribution is -2.19. The molecule has 2 aromatic carbocycles. The molecule has 0 radical (unpaired) electrons. The van der Waals surface area contributed by atoms with Crippen molar-refractivity contribution in [2.24, 2.45) is 5.73 Å². The summed E-state index contributed by atoms with van der Waals surface area (Å²) in [5, 5.41) is 0.743. The maximum Gasteiger partial charge on any atom is 0.123 e. The number of para-hydroxylation sites is 1. The van der Waals surface area contributed by atoms with E-state index in [1.807, 2.05) is 36.4 Å². The van der Waals surface area contributed by atoms with Crippen LogP contribution < -0.4 is 15.4 Å². The molecule has 21 heavy (non-hydrogen) atoms. The van der Waals surface area contributed by atoms with Crippen LogP contribution in [0.1, 0.15) is 11.1 Å². The highest BCUT2D eigenvalue weighted by molar-refractivity contribution is 6.30. The quantitative estimate of drug-likeness (QED) is 0.888. The van der Waals surface area contributed by atoms with Gasteiger partial charge in [0, 0.05) is 29.9 Å². The number of ether oxygens (including phenoxy) is 1. The highest BCUT2D eigenvalue weighted by atomic mass is 35.5. The van der Waals surface area contributed by atoms with Crippen LogP contribution in [0.4, 0.5) is 5.69 Å². The van der Waals surface area contributed by atoms with Crippen LogP contribution in [0.3, 0.4) is 0 Å². The van der Waals surface area contributed by atoms with Crippen molar-refractivity contribution in [3.05, 3.63) is 58.6 Å². The van der Waals surface area contributed by atoms with Crippen LogP contribution in [0.5, 0.6) is 5.75 Å². The standard InChI is InChI=1S/C17H21ClN2O/c1-20(12-14-5-3-4-6-17(14)21-2)16-8-7-15(18)11-13(16)9-10-19/h3-8,11H,9-10,12,19H2,1-2H3. The van der Waals surface area contributed by atoms with Crippen molar-refractivity contribution in [1.29, 1.82) is 0 Å². The van der Waals surface area contributed by atoms with Gasteiger partial charge >= 0.3 is 0 Å². The van der Waals surface area contributed by atoms with Gasteiger partial charge in [-0.15, -0.1) is 0 Å². The zero-order chi connectivity index (χ0) is 15.2. The summed E-state index contributed by atoms with van der Waals surface area (Å²) in [7, 11) is 3.76. The predicted molar refractivity (Wildman–Crippen MR) is 89.3 cm³/mol. The van der Waals surface area contributed by atoms with Crippen LogP contribution in [0, 0.1) is 0 Å². The number of benzene rings is 2. The lowest BCUT2D eigenvalue weighted by Gasteiger charge is -2.23. The summed E-state index contributed by atoms with van der Waals surface area (Å²) in [5.41, 5.74) is 9.16. The Kier molecular flexibility index (Phi) is 5.48. The van der Waals surface area contributed by atoms with Crippen LogP contribution >= 0.6 is 11.6 Å². The first kappa shape index (κ1) is 15.7. The molecule has 0 fully saturated rings. The minimum absolute atomic E-state index is 0.607. The number of anilines is 1. The number of nitrogens with two attached hydrogens (primary N) is 1. The van der Waals surface area contributed by atoms with E-state index in [2.05, 4.69) is 18.0 Å². The molecular formula is C17H21ClN2O. The van der Waals surface area contributed by atoms with Crippen LogP contribution in [0.2, 0.25) is 5.02 Å². The van der Waals surface area contributed by atoms with Gasteiger partial charge in [-0.1, -0.05) is 29.8 Å². The van der Waals surface area contributed by atoms with Crippen LogP contribution in [0.25, 0.3) is 0 Å². The second kappa shape index (κ2) is 7.34. The Morgan fingerprint density at radius 3 is 2.62 bits per heavy atom. The smallest absolute Gasteiger partial charge is 0.123 e. The van der Waals surface area contributed by atoms with E-state index < -0.39 is 0 Å². The second-order valence-electron chi connectivity index (χ2n) is 4.98. The molecule has 0 aliphatic rings. The van der Waals surface area contributed by atoms with Gasteiger partial charge in [-0.2, -0.15) is 0 Å². The number of nitrogens with zero attached hydrogens (tertiary/aromatic N) is 1. The van der Waals surface area contributed by atoms with Gasteiger partial charge in [-0.3, -0.25) is 0 Å². The molecule has 0 heterocycles. The topological polar surface area (TPSA) is 38.5 Å². The molecule has 0 amide bonds. The molecule has 112 valence electrons. The highest BCUT2D eigenvalue weighted by Crippen LogP contribution is 2.27. The molecular weight excluding hydrogens is 284 g/mol. The molecule has 2 N–H and O–H groups in total. The molecule has 0 saturated carbocycles. The SMILES string of the molecule is COc1ccccc1CN(C)c1ccc(Cl)cc1CCN. The Morgan fingerprint density at radius 1 is 1.14 bits per heavy atom. The zero-order valence-electron chi connectivity index (χ0n) is 12.5. The Hall–Kier alpha value is -1.71. The lowest BCUT2D eigenvalue weighted by atomic mass is 10.1. The monoisotopic (exact) mass is 304 g/mol. The predicted octanol–water partition coefficient (Wildman–Crippen LogP) is 3.49. The van der Waals surface area contributed by atoms with Gasteiger partial charge in [0.25, 0.3) is 0 Å². The van der Waals surface area contributed by atoms with Gasteiger partial charge in [0.2, 0.25) is 0 Å². The fraction of sp³-hybridized carbons (Fsp3) is 0.294. The van der Waals surface area contributed by atoms with E-state index in [1.54, 1.807) is 7.11 Å². The van der Waals surface area contributed by atoms with Crippen molar-refractivity contribution in [3.8, 4) is 5.75 Å². The third-order valence-electron chi connectivity index (χ3n) is 3.47. The molecule has 0 spiro atoms. The van der Waals surface area contributed by atoms with E-state index in [1.165, 1.54) is 5.56 Å². The zero-order valence-corrected chi connectivity index (χ0v) is 13.2. The first-order valence-corrected chi connectivity index (χ1v) is 7.35. The molecule has 0 unspecified atom stereocenters. The van der Waals surface area contributed by atoms with Gasteiger partial charge < -0.3 is 15.4 Å².